The number of rotatable bonds is 1. The van der Waals surface area contributed by atoms with Gasteiger partial charge in [-0.15, -0.1) is 10.2 Å². The molecule has 2 heterocycles. The van der Waals surface area contributed by atoms with Gasteiger partial charge >= 0.3 is 0 Å². The fourth-order valence-corrected chi connectivity index (χ4v) is 3.24. The van der Waals surface area contributed by atoms with Crippen LogP contribution in [0.1, 0.15) is 43.8 Å². The molecule has 2 aromatic rings. The van der Waals surface area contributed by atoms with E-state index in [9.17, 15) is 0 Å². The second kappa shape index (κ2) is 4.81. The van der Waals surface area contributed by atoms with Crippen LogP contribution in [0.25, 0.3) is 0 Å². The second-order valence-electron chi connectivity index (χ2n) is 6.29. The highest BCUT2D eigenvalue weighted by molar-refractivity contribution is 7.99. The molecule has 1 atom stereocenters. The Hall–Kier alpha value is -1.49. The number of nitrogens with one attached hydrogen (secondary N) is 1. The lowest BCUT2D eigenvalue weighted by molar-refractivity contribution is 0.501. The molecule has 1 N–H and O–H groups in total. The quantitative estimate of drug-likeness (QED) is 0.874. The van der Waals surface area contributed by atoms with Gasteiger partial charge in [-0.2, -0.15) is 0 Å². The monoisotopic (exact) mass is 288 g/mol. The first kappa shape index (κ1) is 13.5. The summed E-state index contributed by atoms with van der Waals surface area (Å²) in [5.41, 5.74) is 6.14. The Morgan fingerprint density at radius 2 is 1.90 bits per heavy atom. The summed E-state index contributed by atoms with van der Waals surface area (Å²) in [7, 11) is 0. The smallest absolute Gasteiger partial charge is 0.210 e. The lowest BCUT2D eigenvalue weighted by Gasteiger charge is -2.29. The van der Waals surface area contributed by atoms with E-state index in [1.54, 1.807) is 11.8 Å². The Morgan fingerprint density at radius 3 is 2.55 bits per heavy atom. The van der Waals surface area contributed by atoms with Gasteiger partial charge in [-0.1, -0.05) is 62.4 Å². The van der Waals surface area contributed by atoms with Crippen molar-refractivity contribution in [1.29, 1.82) is 0 Å². The molecule has 0 radical (unpaired) electrons. The highest BCUT2D eigenvalue weighted by atomic mass is 32.2. The minimum atomic E-state index is -0.0199. The predicted molar refractivity (Wildman–Crippen MR) is 82.7 cm³/mol. The van der Waals surface area contributed by atoms with E-state index in [1.807, 2.05) is 0 Å². The Bertz CT molecular complexity index is 610. The summed E-state index contributed by atoms with van der Waals surface area (Å²) in [6.07, 6.45) is 0. The van der Waals surface area contributed by atoms with Crippen LogP contribution in [-0.4, -0.2) is 20.6 Å². The highest BCUT2D eigenvalue weighted by Crippen LogP contribution is 2.32. The molecule has 1 aromatic carbocycles. The van der Waals surface area contributed by atoms with Crippen molar-refractivity contribution >= 4 is 11.8 Å². The third-order valence-electron chi connectivity index (χ3n) is 3.45. The molecule has 1 aromatic heterocycles. The Labute approximate surface area is 124 Å². The normalized spacial score (nSPS) is 18.5. The van der Waals surface area contributed by atoms with Crippen LogP contribution < -0.4 is 5.43 Å². The second-order valence-corrected chi connectivity index (χ2v) is 7.28. The molecule has 1 unspecified atom stereocenters. The van der Waals surface area contributed by atoms with E-state index >= 15 is 0 Å². The number of hydrogen-bond acceptors (Lipinski definition) is 4. The molecule has 0 saturated carbocycles. The number of thioether (sulfide) groups is 1. The molecule has 0 bridgehead atoms. The zero-order valence-corrected chi connectivity index (χ0v) is 13.2. The molecular weight excluding hydrogens is 268 g/mol. The van der Waals surface area contributed by atoms with Gasteiger partial charge in [-0.25, -0.2) is 4.68 Å². The minimum Gasteiger partial charge on any atom is -0.314 e. The molecule has 1 aliphatic heterocycles. The summed E-state index contributed by atoms with van der Waals surface area (Å²) in [6.45, 7) is 8.59. The predicted octanol–water partition coefficient (Wildman–Crippen LogP) is 3.27. The number of benzene rings is 1. The first-order valence-electron chi connectivity index (χ1n) is 6.87. The molecule has 0 saturated heterocycles. The van der Waals surface area contributed by atoms with E-state index in [0.717, 1.165) is 16.7 Å². The number of fused-ring (bicyclic) bond motifs is 1. The van der Waals surface area contributed by atoms with Crippen LogP contribution in [0.4, 0.5) is 0 Å². The molecular formula is C15H20N4S. The largest absolute Gasteiger partial charge is 0.314 e. The Kier molecular flexibility index (Phi) is 3.24. The Morgan fingerprint density at radius 1 is 1.20 bits per heavy atom. The van der Waals surface area contributed by atoms with Gasteiger partial charge < -0.3 is 5.43 Å². The summed E-state index contributed by atoms with van der Waals surface area (Å²) < 4.78 is 2.05. The maximum Gasteiger partial charge on any atom is 0.210 e. The topological polar surface area (TPSA) is 42.7 Å². The van der Waals surface area contributed by atoms with Crippen molar-refractivity contribution in [3.8, 4) is 0 Å². The minimum absolute atomic E-state index is 0.0199. The van der Waals surface area contributed by atoms with Crippen LogP contribution in [0.5, 0.6) is 0 Å². The van der Waals surface area contributed by atoms with Gasteiger partial charge in [0.25, 0.3) is 0 Å². The lowest BCUT2D eigenvalue weighted by atomic mass is 9.96. The summed E-state index contributed by atoms with van der Waals surface area (Å²) in [6, 6.07) is 9.01. The molecule has 4 nitrogen and oxygen atoms in total. The summed E-state index contributed by atoms with van der Waals surface area (Å²) >= 11 is 1.76. The number of aromatic nitrogens is 3. The fraction of sp³-hybridized carbons (Fsp3) is 0.467. The third-order valence-corrected chi connectivity index (χ3v) is 4.47. The molecule has 106 valence electrons. The van der Waals surface area contributed by atoms with Crippen LogP contribution in [-0.2, 0) is 5.41 Å². The zero-order valence-electron chi connectivity index (χ0n) is 12.3. The molecule has 1 aliphatic rings. The summed E-state index contributed by atoms with van der Waals surface area (Å²) in [5.74, 6) is 1.96. The Balaban J connectivity index is 1.91. The summed E-state index contributed by atoms with van der Waals surface area (Å²) in [4.78, 5) is 0. The number of aryl methyl sites for hydroxylation is 1. The number of hydrogen-bond donors (Lipinski definition) is 1. The van der Waals surface area contributed by atoms with Gasteiger partial charge in [0.15, 0.2) is 5.82 Å². The van der Waals surface area contributed by atoms with Crippen LogP contribution in [0.3, 0.4) is 0 Å². The molecule has 5 heteroatoms. The highest BCUT2D eigenvalue weighted by Gasteiger charge is 2.29. The van der Waals surface area contributed by atoms with Crippen molar-refractivity contribution in [3.05, 3.63) is 41.2 Å². The van der Waals surface area contributed by atoms with Gasteiger partial charge in [-0.3, -0.25) is 0 Å². The van der Waals surface area contributed by atoms with Crippen molar-refractivity contribution in [2.45, 2.75) is 44.3 Å². The molecule has 20 heavy (non-hydrogen) atoms. The van der Waals surface area contributed by atoms with E-state index in [2.05, 4.69) is 72.3 Å². The van der Waals surface area contributed by atoms with Crippen molar-refractivity contribution in [2.24, 2.45) is 0 Å². The molecule has 0 spiro atoms. The van der Waals surface area contributed by atoms with E-state index in [1.165, 1.54) is 11.1 Å². The van der Waals surface area contributed by atoms with Crippen molar-refractivity contribution < 1.29 is 0 Å². The molecule has 0 fully saturated rings. The maximum absolute atomic E-state index is 4.34. The van der Waals surface area contributed by atoms with Crippen molar-refractivity contribution in [2.75, 3.05) is 11.2 Å². The average molecular weight is 288 g/mol. The van der Waals surface area contributed by atoms with Gasteiger partial charge in [0.1, 0.15) is 0 Å². The van der Waals surface area contributed by atoms with Crippen LogP contribution in [0.15, 0.2) is 29.4 Å². The maximum atomic E-state index is 4.34. The number of nitrogens with zero attached hydrogens (tertiary/aromatic N) is 3. The standard InChI is InChI=1S/C15H20N4S/c1-10-5-7-11(8-6-10)12-9-20-14-17-16-13(15(2,3)4)19(14)18-12/h5-8,12,18H,9H2,1-4H3. The van der Waals surface area contributed by atoms with E-state index in [4.69, 9.17) is 0 Å². The first-order chi connectivity index (χ1) is 9.45. The third kappa shape index (κ3) is 2.42. The van der Waals surface area contributed by atoms with Gasteiger partial charge in [-0.05, 0) is 12.5 Å². The van der Waals surface area contributed by atoms with E-state index in [0.29, 0.717) is 6.04 Å². The zero-order chi connectivity index (χ0) is 14.3. The van der Waals surface area contributed by atoms with Gasteiger partial charge in [0.05, 0.1) is 6.04 Å². The van der Waals surface area contributed by atoms with Gasteiger partial charge in [0, 0.05) is 11.2 Å². The van der Waals surface area contributed by atoms with Crippen LogP contribution in [0.2, 0.25) is 0 Å². The molecule has 3 rings (SSSR count). The average Bonchev–Trinajstić information content (AvgIpc) is 2.82. The van der Waals surface area contributed by atoms with Crippen molar-refractivity contribution in [3.63, 3.8) is 0 Å². The van der Waals surface area contributed by atoms with Crippen LogP contribution >= 0.6 is 11.8 Å². The molecule has 0 amide bonds. The molecule has 0 aliphatic carbocycles. The van der Waals surface area contributed by atoms with E-state index < -0.39 is 0 Å². The van der Waals surface area contributed by atoms with E-state index in [-0.39, 0.29) is 5.41 Å². The summed E-state index contributed by atoms with van der Waals surface area (Å²) in [5, 5.41) is 9.58. The van der Waals surface area contributed by atoms with Crippen molar-refractivity contribution in [1.82, 2.24) is 14.9 Å². The fourth-order valence-electron chi connectivity index (χ4n) is 2.29. The first-order valence-corrected chi connectivity index (χ1v) is 7.85. The van der Waals surface area contributed by atoms with Gasteiger partial charge in [0.2, 0.25) is 5.16 Å². The lowest BCUT2D eigenvalue weighted by Crippen LogP contribution is -2.32. The SMILES string of the molecule is Cc1ccc(C2CSc3nnc(C(C)(C)C)n3N2)cc1. The van der Waals surface area contributed by atoms with Crippen LogP contribution in [0, 0.1) is 6.92 Å².